The second-order valence-corrected chi connectivity index (χ2v) is 4.71. The molecule has 0 saturated carbocycles. The summed E-state index contributed by atoms with van der Waals surface area (Å²) in [5.74, 6) is 0.592. The van der Waals surface area contributed by atoms with Gasteiger partial charge in [0.05, 0.1) is 12.1 Å². The van der Waals surface area contributed by atoms with Crippen LogP contribution in [0, 0.1) is 17.2 Å². The number of hydrogen-bond donors (Lipinski definition) is 0. The zero-order valence-electron chi connectivity index (χ0n) is 11.0. The Hall–Kier alpha value is -1.08. The molecular formula is C12H23N3O. The van der Waals surface area contributed by atoms with E-state index < -0.39 is 0 Å². The van der Waals surface area contributed by atoms with Crippen LogP contribution in [-0.4, -0.2) is 48.9 Å². The summed E-state index contributed by atoms with van der Waals surface area (Å²) in [6.45, 7) is 7.65. The van der Waals surface area contributed by atoms with Gasteiger partial charge in [0.2, 0.25) is 5.91 Å². The zero-order chi connectivity index (χ0) is 12.7. The van der Waals surface area contributed by atoms with Gasteiger partial charge in [-0.05, 0) is 12.8 Å². The Kier molecular flexibility index (Phi) is 6.75. The lowest BCUT2D eigenvalue weighted by atomic mass is 10.1. The molecule has 0 radical (unpaired) electrons. The van der Waals surface area contributed by atoms with Gasteiger partial charge in [-0.25, -0.2) is 0 Å². The smallest absolute Gasteiger partial charge is 0.239 e. The molecule has 0 aliphatic carbocycles. The van der Waals surface area contributed by atoms with Gasteiger partial charge in [-0.3, -0.25) is 9.69 Å². The largest absolute Gasteiger partial charge is 0.347 e. The second kappa shape index (κ2) is 7.24. The number of nitriles is 1. The zero-order valence-corrected chi connectivity index (χ0v) is 11.0. The number of carbonyl (C=O) groups excluding carboxylic acids is 1. The highest BCUT2D eigenvalue weighted by atomic mass is 16.2. The lowest BCUT2D eigenvalue weighted by Gasteiger charge is -2.30. The van der Waals surface area contributed by atoms with Crippen molar-refractivity contribution in [2.45, 2.75) is 33.2 Å². The predicted molar refractivity (Wildman–Crippen MR) is 64.8 cm³/mol. The first-order valence-electron chi connectivity index (χ1n) is 5.72. The van der Waals surface area contributed by atoms with Crippen molar-refractivity contribution >= 4 is 5.91 Å². The SMILES string of the molecule is CC(C)CN(CCC#N)C(C)C(=O)N(C)C. The minimum absolute atomic E-state index is 0.0959. The van der Waals surface area contributed by atoms with Crippen molar-refractivity contribution in [1.82, 2.24) is 9.80 Å². The van der Waals surface area contributed by atoms with E-state index in [0.29, 0.717) is 18.9 Å². The van der Waals surface area contributed by atoms with Crippen molar-refractivity contribution in [3.63, 3.8) is 0 Å². The molecule has 16 heavy (non-hydrogen) atoms. The molecule has 92 valence electrons. The minimum atomic E-state index is -0.147. The number of amides is 1. The molecule has 4 heteroatoms. The van der Waals surface area contributed by atoms with Crippen LogP contribution in [0.25, 0.3) is 0 Å². The van der Waals surface area contributed by atoms with Crippen LogP contribution in [0.1, 0.15) is 27.2 Å². The lowest BCUT2D eigenvalue weighted by molar-refractivity contribution is -0.134. The Morgan fingerprint density at radius 1 is 1.31 bits per heavy atom. The van der Waals surface area contributed by atoms with Crippen LogP contribution in [0.2, 0.25) is 0 Å². The molecule has 0 N–H and O–H groups in total. The maximum Gasteiger partial charge on any atom is 0.239 e. The van der Waals surface area contributed by atoms with Crippen LogP contribution in [-0.2, 0) is 4.79 Å². The van der Waals surface area contributed by atoms with Gasteiger partial charge < -0.3 is 4.90 Å². The van der Waals surface area contributed by atoms with Crippen LogP contribution < -0.4 is 0 Å². The summed E-state index contributed by atoms with van der Waals surface area (Å²) in [5, 5.41) is 8.61. The molecule has 0 aromatic heterocycles. The van der Waals surface area contributed by atoms with Crippen molar-refractivity contribution in [3.8, 4) is 6.07 Å². The van der Waals surface area contributed by atoms with Crippen molar-refractivity contribution in [3.05, 3.63) is 0 Å². The van der Waals surface area contributed by atoms with Gasteiger partial charge in [0.15, 0.2) is 0 Å². The van der Waals surface area contributed by atoms with E-state index in [4.69, 9.17) is 5.26 Å². The molecule has 0 aromatic carbocycles. The maximum absolute atomic E-state index is 11.8. The highest BCUT2D eigenvalue weighted by Crippen LogP contribution is 2.07. The van der Waals surface area contributed by atoms with Gasteiger partial charge in [0.1, 0.15) is 0 Å². The molecule has 1 atom stereocenters. The highest BCUT2D eigenvalue weighted by molar-refractivity contribution is 5.80. The molecule has 0 aromatic rings. The number of carbonyl (C=O) groups is 1. The molecule has 4 nitrogen and oxygen atoms in total. The summed E-state index contributed by atoms with van der Waals surface area (Å²) >= 11 is 0. The number of hydrogen-bond acceptors (Lipinski definition) is 3. The van der Waals surface area contributed by atoms with Crippen LogP contribution in [0.4, 0.5) is 0 Å². The van der Waals surface area contributed by atoms with Gasteiger partial charge in [-0.2, -0.15) is 5.26 Å². The van der Waals surface area contributed by atoms with Gasteiger partial charge in [0.25, 0.3) is 0 Å². The van der Waals surface area contributed by atoms with E-state index in [0.717, 1.165) is 6.54 Å². The van der Waals surface area contributed by atoms with Crippen molar-refractivity contribution in [1.29, 1.82) is 5.26 Å². The fraction of sp³-hybridized carbons (Fsp3) is 0.833. The third-order valence-corrected chi connectivity index (χ3v) is 2.46. The number of nitrogens with zero attached hydrogens (tertiary/aromatic N) is 3. The Morgan fingerprint density at radius 2 is 1.88 bits per heavy atom. The molecule has 0 heterocycles. The number of rotatable bonds is 6. The van der Waals surface area contributed by atoms with Crippen LogP contribution in [0.15, 0.2) is 0 Å². The molecule has 0 spiro atoms. The Bertz CT molecular complexity index is 255. The average Bonchev–Trinajstić information content (AvgIpc) is 2.21. The summed E-state index contributed by atoms with van der Waals surface area (Å²) in [6.07, 6.45) is 0.470. The standard InChI is InChI=1S/C12H23N3O/c1-10(2)9-15(8-6-7-13)11(3)12(16)14(4)5/h10-11H,6,8-9H2,1-5H3. The Morgan fingerprint density at radius 3 is 2.25 bits per heavy atom. The third-order valence-electron chi connectivity index (χ3n) is 2.46. The Labute approximate surface area is 98.8 Å². The summed E-state index contributed by atoms with van der Waals surface area (Å²) in [7, 11) is 3.52. The maximum atomic E-state index is 11.8. The van der Waals surface area contributed by atoms with E-state index in [2.05, 4.69) is 24.8 Å². The summed E-state index contributed by atoms with van der Waals surface area (Å²) in [6, 6.07) is 1.98. The third kappa shape index (κ3) is 5.13. The first kappa shape index (κ1) is 14.9. The molecule has 0 aliphatic heterocycles. The first-order chi connectivity index (χ1) is 7.40. The molecule has 0 bridgehead atoms. The fourth-order valence-electron chi connectivity index (χ4n) is 1.64. The average molecular weight is 225 g/mol. The minimum Gasteiger partial charge on any atom is -0.347 e. The van der Waals surface area contributed by atoms with Gasteiger partial charge in [-0.1, -0.05) is 13.8 Å². The molecule has 0 fully saturated rings. The van der Waals surface area contributed by atoms with E-state index in [1.165, 1.54) is 0 Å². The fourth-order valence-corrected chi connectivity index (χ4v) is 1.64. The lowest BCUT2D eigenvalue weighted by Crippen LogP contribution is -2.46. The van der Waals surface area contributed by atoms with E-state index >= 15 is 0 Å². The predicted octanol–water partition coefficient (Wildman–Crippen LogP) is 1.33. The monoisotopic (exact) mass is 225 g/mol. The van der Waals surface area contributed by atoms with Gasteiger partial charge in [-0.15, -0.1) is 0 Å². The molecule has 0 saturated heterocycles. The molecule has 1 amide bonds. The summed E-state index contributed by atoms with van der Waals surface area (Å²) in [4.78, 5) is 15.5. The van der Waals surface area contributed by atoms with E-state index in [1.54, 1.807) is 19.0 Å². The van der Waals surface area contributed by atoms with Crippen molar-refractivity contribution < 1.29 is 4.79 Å². The normalized spacial score (nSPS) is 12.6. The van der Waals surface area contributed by atoms with Crippen molar-refractivity contribution in [2.24, 2.45) is 5.92 Å². The van der Waals surface area contributed by atoms with E-state index in [9.17, 15) is 4.79 Å². The van der Waals surface area contributed by atoms with Gasteiger partial charge in [0, 0.05) is 33.6 Å². The van der Waals surface area contributed by atoms with Crippen LogP contribution in [0.5, 0.6) is 0 Å². The number of likely N-dealkylation sites (N-methyl/N-ethyl adjacent to an activating group) is 1. The highest BCUT2D eigenvalue weighted by Gasteiger charge is 2.22. The molecule has 0 rings (SSSR count). The van der Waals surface area contributed by atoms with Crippen LogP contribution >= 0.6 is 0 Å². The summed E-state index contributed by atoms with van der Waals surface area (Å²) in [5.41, 5.74) is 0. The second-order valence-electron chi connectivity index (χ2n) is 4.71. The Balaban J connectivity index is 4.49. The molecule has 1 unspecified atom stereocenters. The van der Waals surface area contributed by atoms with Crippen LogP contribution in [0.3, 0.4) is 0 Å². The van der Waals surface area contributed by atoms with Gasteiger partial charge >= 0.3 is 0 Å². The molecular weight excluding hydrogens is 202 g/mol. The van der Waals surface area contributed by atoms with E-state index in [1.807, 2.05) is 6.92 Å². The van der Waals surface area contributed by atoms with E-state index in [-0.39, 0.29) is 11.9 Å². The van der Waals surface area contributed by atoms with Crippen molar-refractivity contribution in [2.75, 3.05) is 27.2 Å². The summed E-state index contributed by atoms with van der Waals surface area (Å²) < 4.78 is 0. The topological polar surface area (TPSA) is 47.3 Å². The first-order valence-corrected chi connectivity index (χ1v) is 5.72. The molecule has 0 aliphatic rings. The quantitative estimate of drug-likeness (QED) is 0.685.